The molecule has 4 rings (SSSR count). The first kappa shape index (κ1) is 22.8. The van der Waals surface area contributed by atoms with Gasteiger partial charge >= 0.3 is 5.69 Å². The molecule has 1 amide bonds. The molecule has 0 unspecified atom stereocenters. The molecule has 0 radical (unpaired) electrons. The van der Waals surface area contributed by atoms with Gasteiger partial charge in [0.05, 0.1) is 18.3 Å². The second-order valence-electron chi connectivity index (χ2n) is 7.97. The van der Waals surface area contributed by atoms with Gasteiger partial charge in [-0.05, 0) is 43.2 Å². The van der Waals surface area contributed by atoms with Crippen LogP contribution in [0.1, 0.15) is 40.1 Å². The molecule has 0 aliphatic heterocycles. The highest BCUT2D eigenvalue weighted by atomic mass is 19.1. The number of hydrogen-bond donors (Lipinski definition) is 1. The lowest BCUT2D eigenvalue weighted by molar-refractivity contribution is 0.0930. The third kappa shape index (κ3) is 4.71. The Hall–Kier alpha value is -4.33. The number of halogens is 1. The molecule has 0 fully saturated rings. The van der Waals surface area contributed by atoms with Gasteiger partial charge in [-0.25, -0.2) is 9.18 Å². The zero-order chi connectivity index (χ0) is 24.2. The van der Waals surface area contributed by atoms with Crippen LogP contribution >= 0.6 is 0 Å². The molecule has 4 aromatic rings. The van der Waals surface area contributed by atoms with Crippen LogP contribution < -0.4 is 16.6 Å². The Bertz CT molecular complexity index is 1460. The summed E-state index contributed by atoms with van der Waals surface area (Å²) < 4.78 is 16.1. The average molecular weight is 458 g/mol. The molecular formula is C26H23FN4O3. The van der Waals surface area contributed by atoms with Gasteiger partial charge in [0.1, 0.15) is 5.82 Å². The van der Waals surface area contributed by atoms with E-state index >= 15 is 0 Å². The maximum Gasteiger partial charge on any atom is 0.352 e. The number of hydrogen-bond acceptors (Lipinski definition) is 4. The van der Waals surface area contributed by atoms with Crippen molar-refractivity contribution in [3.05, 3.63) is 128 Å². The third-order valence-electron chi connectivity index (χ3n) is 5.45. The fourth-order valence-electron chi connectivity index (χ4n) is 3.61. The highest BCUT2D eigenvalue weighted by molar-refractivity contribution is 5.92. The van der Waals surface area contributed by atoms with Crippen molar-refractivity contribution in [1.82, 2.24) is 19.7 Å². The SMILES string of the molecule is Cc1cccc(-n2nc(C(=O)N[C@@H](C)c3ccccc3)c(=O)n(Cc3ccccc3F)c2=O)c1. The Labute approximate surface area is 195 Å². The summed E-state index contributed by atoms with van der Waals surface area (Å²) in [5, 5.41) is 6.88. The number of amides is 1. The highest BCUT2D eigenvalue weighted by Crippen LogP contribution is 2.12. The number of nitrogens with zero attached hydrogens (tertiary/aromatic N) is 3. The number of rotatable bonds is 6. The fourth-order valence-corrected chi connectivity index (χ4v) is 3.61. The van der Waals surface area contributed by atoms with Gasteiger partial charge in [0.15, 0.2) is 0 Å². The zero-order valence-electron chi connectivity index (χ0n) is 18.7. The molecule has 0 aliphatic rings. The number of nitrogens with one attached hydrogen (secondary N) is 1. The van der Waals surface area contributed by atoms with Crippen molar-refractivity contribution in [3.63, 3.8) is 0 Å². The van der Waals surface area contributed by atoms with E-state index in [9.17, 15) is 18.8 Å². The van der Waals surface area contributed by atoms with Crippen LogP contribution in [0.4, 0.5) is 4.39 Å². The smallest absolute Gasteiger partial charge is 0.344 e. The van der Waals surface area contributed by atoms with Crippen LogP contribution in [0.15, 0.2) is 88.5 Å². The molecule has 1 N–H and O–H groups in total. The molecular weight excluding hydrogens is 435 g/mol. The first-order valence-electron chi connectivity index (χ1n) is 10.8. The average Bonchev–Trinajstić information content (AvgIpc) is 2.83. The van der Waals surface area contributed by atoms with E-state index in [1.807, 2.05) is 43.3 Å². The van der Waals surface area contributed by atoms with E-state index in [1.54, 1.807) is 31.2 Å². The summed E-state index contributed by atoms with van der Waals surface area (Å²) in [4.78, 5) is 39.6. The maximum absolute atomic E-state index is 14.3. The summed E-state index contributed by atoms with van der Waals surface area (Å²) >= 11 is 0. The maximum atomic E-state index is 14.3. The predicted molar refractivity (Wildman–Crippen MR) is 127 cm³/mol. The summed E-state index contributed by atoms with van der Waals surface area (Å²) in [5.41, 5.74) is 0.114. The van der Waals surface area contributed by atoms with Gasteiger partial charge in [-0.15, -0.1) is 0 Å². The van der Waals surface area contributed by atoms with Crippen LogP contribution in [-0.2, 0) is 6.54 Å². The molecule has 172 valence electrons. The predicted octanol–water partition coefficient (Wildman–Crippen LogP) is 3.38. The molecule has 0 aliphatic carbocycles. The first-order valence-corrected chi connectivity index (χ1v) is 10.8. The number of carbonyl (C=O) groups is 1. The van der Waals surface area contributed by atoms with Crippen molar-refractivity contribution >= 4 is 5.91 Å². The Morgan fingerprint density at radius 3 is 2.41 bits per heavy atom. The first-order chi connectivity index (χ1) is 16.3. The van der Waals surface area contributed by atoms with E-state index in [2.05, 4.69) is 10.4 Å². The molecule has 34 heavy (non-hydrogen) atoms. The van der Waals surface area contributed by atoms with E-state index in [1.165, 1.54) is 18.2 Å². The van der Waals surface area contributed by atoms with Gasteiger partial charge in [0, 0.05) is 5.56 Å². The quantitative estimate of drug-likeness (QED) is 0.480. The number of aromatic nitrogens is 3. The van der Waals surface area contributed by atoms with E-state index in [0.717, 1.165) is 20.4 Å². The molecule has 1 heterocycles. The Morgan fingerprint density at radius 2 is 1.71 bits per heavy atom. The van der Waals surface area contributed by atoms with Crippen molar-refractivity contribution in [2.75, 3.05) is 0 Å². The lowest BCUT2D eigenvalue weighted by Crippen LogP contribution is -2.46. The van der Waals surface area contributed by atoms with Crippen LogP contribution in [0, 0.1) is 12.7 Å². The van der Waals surface area contributed by atoms with Crippen molar-refractivity contribution in [2.45, 2.75) is 26.4 Å². The van der Waals surface area contributed by atoms with Crippen LogP contribution in [-0.4, -0.2) is 20.3 Å². The zero-order valence-corrected chi connectivity index (χ0v) is 18.7. The second kappa shape index (κ2) is 9.66. The summed E-state index contributed by atoms with van der Waals surface area (Å²) in [6, 6.07) is 21.6. The molecule has 1 atom stereocenters. The summed E-state index contributed by atoms with van der Waals surface area (Å²) in [6.45, 7) is 3.29. The summed E-state index contributed by atoms with van der Waals surface area (Å²) in [5.74, 6) is -1.29. The second-order valence-corrected chi connectivity index (χ2v) is 7.97. The van der Waals surface area contributed by atoms with Crippen molar-refractivity contribution in [2.24, 2.45) is 0 Å². The van der Waals surface area contributed by atoms with Gasteiger partial charge in [-0.2, -0.15) is 9.78 Å². The Morgan fingerprint density at radius 1 is 1.00 bits per heavy atom. The minimum absolute atomic E-state index is 0.146. The van der Waals surface area contributed by atoms with E-state index in [-0.39, 0.29) is 12.1 Å². The Kier molecular flexibility index (Phi) is 6.49. The summed E-state index contributed by atoms with van der Waals surface area (Å²) in [6.07, 6.45) is 0. The number of aryl methyl sites for hydroxylation is 1. The lowest BCUT2D eigenvalue weighted by atomic mass is 10.1. The van der Waals surface area contributed by atoms with E-state index in [0.29, 0.717) is 5.69 Å². The lowest BCUT2D eigenvalue weighted by Gasteiger charge is -2.16. The molecule has 3 aromatic carbocycles. The molecule has 0 spiro atoms. The highest BCUT2D eigenvalue weighted by Gasteiger charge is 2.22. The van der Waals surface area contributed by atoms with Crippen LogP contribution in [0.3, 0.4) is 0 Å². The van der Waals surface area contributed by atoms with Gasteiger partial charge in [-0.3, -0.25) is 14.2 Å². The Balaban J connectivity index is 1.83. The fraction of sp³-hybridized carbons (Fsp3) is 0.154. The molecule has 7 nitrogen and oxygen atoms in total. The minimum atomic E-state index is -0.894. The van der Waals surface area contributed by atoms with Gasteiger partial charge in [-0.1, -0.05) is 60.7 Å². The van der Waals surface area contributed by atoms with Gasteiger partial charge in [0.2, 0.25) is 5.69 Å². The molecule has 0 saturated heterocycles. The van der Waals surface area contributed by atoms with Crippen LogP contribution in [0.25, 0.3) is 5.69 Å². The number of benzene rings is 3. The third-order valence-corrected chi connectivity index (χ3v) is 5.45. The van der Waals surface area contributed by atoms with Gasteiger partial charge < -0.3 is 5.32 Å². The van der Waals surface area contributed by atoms with Crippen LogP contribution in [0.2, 0.25) is 0 Å². The van der Waals surface area contributed by atoms with Crippen molar-refractivity contribution in [3.8, 4) is 5.69 Å². The summed E-state index contributed by atoms with van der Waals surface area (Å²) in [7, 11) is 0. The monoisotopic (exact) mass is 458 g/mol. The van der Waals surface area contributed by atoms with Crippen LogP contribution in [0.5, 0.6) is 0 Å². The molecule has 8 heteroatoms. The standard InChI is InChI=1S/C26H23FN4O3/c1-17-9-8-13-21(15-17)31-26(34)30(16-20-12-6-7-14-22(20)27)25(33)23(29-31)24(32)28-18(2)19-10-4-3-5-11-19/h3-15,18H,16H2,1-2H3,(H,28,32)/t18-/m0/s1. The van der Waals surface area contributed by atoms with Crippen molar-refractivity contribution < 1.29 is 9.18 Å². The van der Waals surface area contributed by atoms with E-state index < -0.39 is 34.7 Å². The largest absolute Gasteiger partial charge is 0.352 e. The normalized spacial score (nSPS) is 11.7. The molecule has 0 saturated carbocycles. The minimum Gasteiger partial charge on any atom is -0.344 e. The van der Waals surface area contributed by atoms with Gasteiger partial charge in [0.25, 0.3) is 11.5 Å². The topological polar surface area (TPSA) is 86.0 Å². The number of carbonyl (C=O) groups excluding carboxylic acids is 1. The molecule has 0 bridgehead atoms. The molecule has 1 aromatic heterocycles. The van der Waals surface area contributed by atoms with Crippen molar-refractivity contribution in [1.29, 1.82) is 0 Å². The van der Waals surface area contributed by atoms with E-state index in [4.69, 9.17) is 0 Å².